The summed E-state index contributed by atoms with van der Waals surface area (Å²) in [5.74, 6) is -1.88. The summed E-state index contributed by atoms with van der Waals surface area (Å²) in [5, 5.41) is 18.0. The number of aliphatic carboxylic acids is 1. The predicted molar refractivity (Wildman–Crippen MR) is 43.0 cm³/mol. The Balaban J connectivity index is 4.47. The second-order valence-corrected chi connectivity index (χ2v) is 2.99. The van der Waals surface area contributed by atoms with Crippen molar-refractivity contribution in [3.8, 4) is 0 Å². The molecule has 0 radical (unpaired) electrons. The molecule has 1 amide bonds. The zero-order chi connectivity index (χ0) is 9.94. The number of rotatable bonds is 2. The van der Waals surface area contributed by atoms with Gasteiger partial charge < -0.3 is 10.4 Å². The van der Waals surface area contributed by atoms with Crippen LogP contribution in [0.3, 0.4) is 0 Å². The summed E-state index contributed by atoms with van der Waals surface area (Å²) in [6.45, 7) is 3.94. The van der Waals surface area contributed by atoms with Gasteiger partial charge in [-0.1, -0.05) is 0 Å². The van der Waals surface area contributed by atoms with Crippen molar-refractivity contribution in [3.05, 3.63) is 0 Å². The lowest BCUT2D eigenvalue weighted by atomic mass is 9.92. The first-order valence-electron chi connectivity index (χ1n) is 3.38. The fourth-order valence-electron chi connectivity index (χ4n) is 0.439. The third kappa shape index (κ3) is 2.34. The zero-order valence-electron chi connectivity index (χ0n) is 7.26. The molecule has 0 rings (SSSR count). The molecule has 0 aromatic heterocycles. The Morgan fingerprint density at radius 2 is 1.83 bits per heavy atom. The summed E-state index contributed by atoms with van der Waals surface area (Å²) in [5.41, 5.74) is -1.34. The molecule has 0 saturated carbocycles. The van der Waals surface area contributed by atoms with Crippen molar-refractivity contribution in [2.24, 2.45) is 5.41 Å². The molecule has 3 N–H and O–H groups in total. The van der Waals surface area contributed by atoms with Crippen LogP contribution in [-0.2, 0) is 9.59 Å². The first-order chi connectivity index (χ1) is 5.28. The highest BCUT2D eigenvalue weighted by molar-refractivity contribution is 6.08. The van der Waals surface area contributed by atoms with Crippen LogP contribution in [0.2, 0.25) is 0 Å². The van der Waals surface area contributed by atoms with Gasteiger partial charge in [0.05, 0.1) is 0 Å². The van der Waals surface area contributed by atoms with Gasteiger partial charge in [-0.15, -0.1) is 0 Å². The van der Waals surface area contributed by atoms with E-state index in [0.717, 1.165) is 0 Å². The number of carbonyl (C=O) groups excluding carboxylic acids is 1. The minimum Gasteiger partial charge on any atom is -0.481 e. The summed E-state index contributed by atoms with van der Waals surface area (Å²) in [7, 11) is 0. The van der Waals surface area contributed by atoms with E-state index in [9.17, 15) is 9.59 Å². The molecule has 12 heavy (non-hydrogen) atoms. The van der Waals surface area contributed by atoms with Gasteiger partial charge in [-0.3, -0.25) is 15.0 Å². The lowest BCUT2D eigenvalue weighted by Gasteiger charge is -2.19. The van der Waals surface area contributed by atoms with Crippen LogP contribution in [0, 0.1) is 10.8 Å². The fourth-order valence-corrected chi connectivity index (χ4v) is 0.439. The summed E-state index contributed by atoms with van der Waals surface area (Å²) in [6.07, 6.45) is 0. The summed E-state index contributed by atoms with van der Waals surface area (Å²) in [4.78, 5) is 21.0. The molecule has 0 aromatic carbocycles. The highest BCUT2D eigenvalue weighted by atomic mass is 16.4. The van der Waals surface area contributed by atoms with E-state index in [1.54, 1.807) is 0 Å². The second kappa shape index (κ2) is 3.34. The van der Waals surface area contributed by atoms with Crippen molar-refractivity contribution < 1.29 is 14.7 Å². The van der Waals surface area contributed by atoms with E-state index in [1.165, 1.54) is 20.8 Å². The molecule has 0 aliphatic carbocycles. The summed E-state index contributed by atoms with van der Waals surface area (Å²) >= 11 is 0. The maximum Gasteiger partial charge on any atom is 0.316 e. The van der Waals surface area contributed by atoms with Crippen LogP contribution >= 0.6 is 0 Å². The average Bonchev–Trinajstić information content (AvgIpc) is 1.85. The van der Waals surface area contributed by atoms with E-state index in [-0.39, 0.29) is 5.84 Å². The minimum atomic E-state index is -1.34. The maximum atomic E-state index is 10.6. The Morgan fingerprint density at radius 3 is 2.08 bits per heavy atom. The fraction of sp³-hybridized carbons (Fsp3) is 0.571. The van der Waals surface area contributed by atoms with Gasteiger partial charge in [0.1, 0.15) is 11.3 Å². The van der Waals surface area contributed by atoms with E-state index in [2.05, 4.69) is 5.32 Å². The molecule has 0 unspecified atom stereocenters. The van der Waals surface area contributed by atoms with Crippen LogP contribution < -0.4 is 5.32 Å². The third-order valence-electron chi connectivity index (χ3n) is 1.46. The number of carboxylic acid groups (broad SMARTS) is 1. The third-order valence-corrected chi connectivity index (χ3v) is 1.46. The lowest BCUT2D eigenvalue weighted by molar-refractivity contribution is -0.143. The molecule has 5 nitrogen and oxygen atoms in total. The number of amidine groups is 1. The molecule has 0 fully saturated rings. The van der Waals surface area contributed by atoms with Crippen molar-refractivity contribution in [2.75, 3.05) is 0 Å². The molecule has 0 heterocycles. The van der Waals surface area contributed by atoms with E-state index in [0.29, 0.717) is 0 Å². The molecular formula is C7H12N2O3. The molecule has 0 aliphatic rings. The molecule has 0 aromatic rings. The molecule has 5 heteroatoms. The minimum absolute atomic E-state index is 0.303. The Morgan fingerprint density at radius 1 is 1.42 bits per heavy atom. The highest BCUT2D eigenvalue weighted by Crippen LogP contribution is 2.14. The summed E-state index contributed by atoms with van der Waals surface area (Å²) < 4.78 is 0. The molecular weight excluding hydrogens is 160 g/mol. The molecule has 0 atom stereocenters. The number of carbonyl (C=O) groups is 2. The number of hydrogen-bond acceptors (Lipinski definition) is 3. The smallest absolute Gasteiger partial charge is 0.316 e. The molecule has 0 aliphatic heterocycles. The maximum absolute atomic E-state index is 10.6. The Kier molecular flexibility index (Phi) is 2.95. The standard InChI is InChI=1S/C7H12N2O3/c1-4(10)9-5(8)7(2,3)6(11)12/h1-3H3,(H,11,12)(H2,8,9,10). The second-order valence-electron chi connectivity index (χ2n) is 2.99. The average molecular weight is 172 g/mol. The first-order valence-corrected chi connectivity index (χ1v) is 3.38. The number of amides is 1. The van der Waals surface area contributed by atoms with Crippen LogP contribution in [0.5, 0.6) is 0 Å². The van der Waals surface area contributed by atoms with E-state index < -0.39 is 17.3 Å². The normalized spacial score (nSPS) is 10.6. The Hall–Kier alpha value is -1.39. The van der Waals surface area contributed by atoms with Gasteiger partial charge in [-0.2, -0.15) is 0 Å². The van der Waals surface area contributed by atoms with Crippen molar-refractivity contribution in [2.45, 2.75) is 20.8 Å². The van der Waals surface area contributed by atoms with Crippen LogP contribution in [0.15, 0.2) is 0 Å². The monoisotopic (exact) mass is 172 g/mol. The van der Waals surface area contributed by atoms with Gasteiger partial charge in [0.15, 0.2) is 0 Å². The van der Waals surface area contributed by atoms with E-state index in [4.69, 9.17) is 10.5 Å². The quantitative estimate of drug-likeness (QED) is 0.411. The predicted octanol–water partition coefficient (Wildman–Crippen LogP) is 0.211. The van der Waals surface area contributed by atoms with Gasteiger partial charge >= 0.3 is 5.97 Å². The molecule has 0 saturated heterocycles. The van der Waals surface area contributed by atoms with E-state index >= 15 is 0 Å². The van der Waals surface area contributed by atoms with Crippen molar-refractivity contribution in [3.63, 3.8) is 0 Å². The Bertz CT molecular complexity index is 233. The number of nitrogens with one attached hydrogen (secondary N) is 2. The van der Waals surface area contributed by atoms with Crippen LogP contribution in [0.25, 0.3) is 0 Å². The van der Waals surface area contributed by atoms with Crippen LogP contribution in [0.4, 0.5) is 0 Å². The van der Waals surface area contributed by atoms with Gasteiger partial charge in [-0.25, -0.2) is 0 Å². The van der Waals surface area contributed by atoms with Crippen molar-refractivity contribution >= 4 is 17.7 Å². The van der Waals surface area contributed by atoms with Crippen LogP contribution in [0.1, 0.15) is 20.8 Å². The lowest BCUT2D eigenvalue weighted by Crippen LogP contribution is -2.43. The molecule has 0 bridgehead atoms. The highest BCUT2D eigenvalue weighted by Gasteiger charge is 2.33. The van der Waals surface area contributed by atoms with Crippen molar-refractivity contribution in [1.29, 1.82) is 5.41 Å². The largest absolute Gasteiger partial charge is 0.481 e. The Labute approximate surface area is 70.3 Å². The van der Waals surface area contributed by atoms with Crippen molar-refractivity contribution in [1.82, 2.24) is 5.32 Å². The number of carboxylic acids is 1. The van der Waals surface area contributed by atoms with Gasteiger partial charge in [0, 0.05) is 6.92 Å². The molecule has 0 spiro atoms. The number of hydrogen-bond donors (Lipinski definition) is 3. The first kappa shape index (κ1) is 10.6. The molecule has 68 valence electrons. The topological polar surface area (TPSA) is 90.3 Å². The van der Waals surface area contributed by atoms with E-state index in [1.807, 2.05) is 0 Å². The zero-order valence-corrected chi connectivity index (χ0v) is 7.26. The van der Waals surface area contributed by atoms with Crippen LogP contribution in [-0.4, -0.2) is 22.8 Å². The van der Waals surface area contributed by atoms with Gasteiger partial charge in [0.25, 0.3) is 0 Å². The SMILES string of the molecule is CC(=O)NC(=N)C(C)(C)C(=O)O. The van der Waals surface area contributed by atoms with Gasteiger partial charge in [-0.05, 0) is 13.8 Å². The summed E-state index contributed by atoms with van der Waals surface area (Å²) in [6, 6.07) is 0. The van der Waals surface area contributed by atoms with Gasteiger partial charge in [0.2, 0.25) is 5.91 Å².